The molecule has 1 aliphatic carbocycles. The lowest BCUT2D eigenvalue weighted by Gasteiger charge is -2.14. The Labute approximate surface area is 185 Å². The second-order valence-corrected chi connectivity index (χ2v) is 8.45. The van der Waals surface area contributed by atoms with Crippen LogP contribution in [0.4, 0.5) is 17.6 Å². The normalized spacial score (nSPS) is 21.5. The van der Waals surface area contributed by atoms with Gasteiger partial charge in [0, 0.05) is 24.7 Å². The number of hydrogen-bond acceptors (Lipinski definition) is 3. The van der Waals surface area contributed by atoms with Gasteiger partial charge in [-0.15, -0.1) is 0 Å². The van der Waals surface area contributed by atoms with Gasteiger partial charge in [-0.2, -0.15) is 0 Å². The second kappa shape index (κ2) is 7.90. The summed E-state index contributed by atoms with van der Waals surface area (Å²) in [4.78, 5) is 17.3. The maximum atomic E-state index is 13.8. The van der Waals surface area contributed by atoms with Crippen molar-refractivity contribution < 1.29 is 22.4 Å². The molecule has 5 rings (SSSR count). The summed E-state index contributed by atoms with van der Waals surface area (Å²) < 4.78 is 56.0. The molecule has 0 bridgehead atoms. The van der Waals surface area contributed by atoms with Gasteiger partial charge in [-0.1, -0.05) is 11.6 Å². The van der Waals surface area contributed by atoms with Gasteiger partial charge in [-0.3, -0.25) is 4.79 Å². The zero-order chi connectivity index (χ0) is 22.6. The predicted octanol–water partition coefficient (Wildman–Crippen LogP) is 3.76. The summed E-state index contributed by atoms with van der Waals surface area (Å²) in [6.07, 6.45) is 1.34. The molecule has 1 saturated carbocycles. The Bertz CT molecular complexity index is 1200. The predicted molar refractivity (Wildman–Crippen MR) is 109 cm³/mol. The first-order chi connectivity index (χ1) is 15.3. The van der Waals surface area contributed by atoms with E-state index in [2.05, 4.69) is 15.6 Å². The first-order valence-electron chi connectivity index (χ1n) is 9.99. The number of amides is 1. The van der Waals surface area contributed by atoms with Gasteiger partial charge in [-0.25, -0.2) is 22.5 Å². The number of hydrogen-bond donors (Lipinski definition) is 2. The molecule has 32 heavy (non-hydrogen) atoms. The maximum Gasteiger partial charge on any atom is 0.269 e. The van der Waals surface area contributed by atoms with Crippen LogP contribution >= 0.6 is 11.6 Å². The summed E-state index contributed by atoms with van der Waals surface area (Å²) in [5.74, 6) is -4.25. The topological polar surface area (TPSA) is 59.0 Å². The van der Waals surface area contributed by atoms with Crippen molar-refractivity contribution in [2.24, 2.45) is 11.8 Å². The highest BCUT2D eigenvalue weighted by Crippen LogP contribution is 2.41. The van der Waals surface area contributed by atoms with Crippen LogP contribution in [0.5, 0.6) is 0 Å². The molecular formula is C22H17ClF4N4O. The van der Waals surface area contributed by atoms with Crippen LogP contribution in [0.2, 0.25) is 5.02 Å². The van der Waals surface area contributed by atoms with Gasteiger partial charge >= 0.3 is 0 Å². The molecule has 1 aliphatic heterocycles. The molecular weight excluding hydrogens is 448 g/mol. The van der Waals surface area contributed by atoms with Crippen LogP contribution in [0.25, 0.3) is 11.4 Å². The molecule has 1 saturated heterocycles. The molecule has 10 heteroatoms. The fourth-order valence-electron chi connectivity index (χ4n) is 4.32. The number of carbonyl (C=O) groups is 1. The summed E-state index contributed by atoms with van der Waals surface area (Å²) >= 11 is 5.90. The van der Waals surface area contributed by atoms with Crippen molar-refractivity contribution in [3.8, 4) is 11.4 Å². The number of rotatable bonds is 5. The molecule has 2 fully saturated rings. The summed E-state index contributed by atoms with van der Waals surface area (Å²) in [7, 11) is 0. The van der Waals surface area contributed by atoms with E-state index in [1.54, 1.807) is 0 Å². The molecule has 2 aromatic carbocycles. The smallest absolute Gasteiger partial charge is 0.269 e. The Morgan fingerprint density at radius 1 is 1.09 bits per heavy atom. The zero-order valence-electron chi connectivity index (χ0n) is 16.5. The molecule has 0 radical (unpaired) electrons. The molecule has 2 heterocycles. The Hall–Kier alpha value is -2.91. The van der Waals surface area contributed by atoms with E-state index >= 15 is 0 Å². The van der Waals surface area contributed by atoms with E-state index in [9.17, 15) is 22.4 Å². The molecule has 166 valence electrons. The minimum atomic E-state index is -1.57. The highest BCUT2D eigenvalue weighted by atomic mass is 35.5. The lowest BCUT2D eigenvalue weighted by molar-refractivity contribution is 0.0938. The van der Waals surface area contributed by atoms with Crippen molar-refractivity contribution in [2.45, 2.75) is 12.6 Å². The molecule has 1 amide bonds. The lowest BCUT2D eigenvalue weighted by Crippen LogP contribution is -2.33. The van der Waals surface area contributed by atoms with Crippen molar-refractivity contribution in [2.75, 3.05) is 13.1 Å². The van der Waals surface area contributed by atoms with Gasteiger partial charge in [0.15, 0.2) is 17.5 Å². The van der Waals surface area contributed by atoms with E-state index in [0.717, 1.165) is 31.3 Å². The van der Waals surface area contributed by atoms with Crippen molar-refractivity contribution in [3.05, 3.63) is 76.1 Å². The maximum absolute atomic E-state index is 13.8. The van der Waals surface area contributed by atoms with E-state index in [-0.39, 0.29) is 40.6 Å². The minimum Gasteiger partial charge on any atom is -0.347 e. The third-order valence-corrected chi connectivity index (χ3v) is 6.33. The third kappa shape index (κ3) is 3.65. The minimum absolute atomic E-state index is 0.0523. The SMILES string of the molecule is O=C(NC1C2CNCC21)c1cnc(-c2ccc(F)c(Cl)c2)n1Cc1cc(F)c(F)c(F)c1. The Balaban J connectivity index is 1.52. The Morgan fingerprint density at radius 3 is 2.44 bits per heavy atom. The number of halogens is 5. The molecule has 3 aromatic rings. The van der Waals surface area contributed by atoms with E-state index in [0.29, 0.717) is 17.4 Å². The van der Waals surface area contributed by atoms with Gasteiger partial charge in [0.1, 0.15) is 17.3 Å². The number of piperidine rings is 1. The van der Waals surface area contributed by atoms with Crippen LogP contribution < -0.4 is 10.6 Å². The van der Waals surface area contributed by atoms with Gasteiger partial charge in [0.05, 0.1) is 17.8 Å². The van der Waals surface area contributed by atoms with E-state index in [4.69, 9.17) is 11.6 Å². The van der Waals surface area contributed by atoms with Crippen LogP contribution in [0.3, 0.4) is 0 Å². The first kappa shape index (κ1) is 21.0. The molecule has 0 spiro atoms. The summed E-state index contributed by atoms with van der Waals surface area (Å²) in [6, 6.07) is 5.71. The average Bonchev–Trinajstić information content (AvgIpc) is 3.12. The number of aromatic nitrogens is 2. The number of nitrogens with zero attached hydrogens (tertiary/aromatic N) is 2. The van der Waals surface area contributed by atoms with E-state index < -0.39 is 23.3 Å². The van der Waals surface area contributed by atoms with Gasteiger partial charge in [-0.05, 0) is 47.7 Å². The quantitative estimate of drug-likeness (QED) is 0.446. The van der Waals surface area contributed by atoms with Crippen molar-refractivity contribution in [1.29, 1.82) is 0 Å². The van der Waals surface area contributed by atoms with Crippen LogP contribution in [0, 0.1) is 35.1 Å². The van der Waals surface area contributed by atoms with Crippen molar-refractivity contribution >= 4 is 17.5 Å². The van der Waals surface area contributed by atoms with E-state index in [1.165, 1.54) is 22.9 Å². The number of carbonyl (C=O) groups excluding carboxylic acids is 1. The van der Waals surface area contributed by atoms with Crippen LogP contribution in [0.15, 0.2) is 36.5 Å². The average molecular weight is 465 g/mol. The fraction of sp³-hybridized carbons (Fsp3) is 0.273. The van der Waals surface area contributed by atoms with Gasteiger partial charge in [0.2, 0.25) is 0 Å². The molecule has 2 aliphatic rings. The monoisotopic (exact) mass is 464 g/mol. The molecule has 1 aromatic heterocycles. The fourth-order valence-corrected chi connectivity index (χ4v) is 4.50. The van der Waals surface area contributed by atoms with Crippen LogP contribution in [-0.4, -0.2) is 34.6 Å². The van der Waals surface area contributed by atoms with Crippen LogP contribution in [0.1, 0.15) is 16.1 Å². The van der Waals surface area contributed by atoms with Crippen LogP contribution in [-0.2, 0) is 6.54 Å². The van der Waals surface area contributed by atoms with Gasteiger partial charge in [0.25, 0.3) is 5.91 Å². The number of fused-ring (bicyclic) bond motifs is 1. The van der Waals surface area contributed by atoms with Crippen molar-refractivity contribution in [1.82, 2.24) is 20.2 Å². The summed E-state index contributed by atoms with van der Waals surface area (Å²) in [6.45, 7) is 1.50. The summed E-state index contributed by atoms with van der Waals surface area (Å²) in [5, 5.41) is 6.09. The summed E-state index contributed by atoms with van der Waals surface area (Å²) in [5.41, 5.74) is 0.657. The van der Waals surface area contributed by atoms with Gasteiger partial charge < -0.3 is 15.2 Å². The second-order valence-electron chi connectivity index (χ2n) is 8.04. The largest absolute Gasteiger partial charge is 0.347 e. The third-order valence-electron chi connectivity index (χ3n) is 6.04. The lowest BCUT2D eigenvalue weighted by atomic mass is 10.1. The molecule has 2 atom stereocenters. The Kier molecular flexibility index (Phi) is 5.17. The molecule has 2 unspecified atom stereocenters. The zero-order valence-corrected chi connectivity index (χ0v) is 17.3. The standard InChI is InChI=1S/C22H17ClF4N4O/c23-14-5-11(1-2-15(14)24)21-29-8-18(22(32)30-20-12-6-28-7-13(12)20)31(21)9-10-3-16(25)19(27)17(26)4-10/h1-5,8,12-13,20,28H,6-7,9H2,(H,30,32). The Morgan fingerprint density at radius 2 is 1.78 bits per heavy atom. The number of nitrogens with one attached hydrogen (secondary N) is 2. The highest BCUT2D eigenvalue weighted by Gasteiger charge is 2.53. The molecule has 2 N–H and O–H groups in total. The van der Waals surface area contributed by atoms with E-state index in [1.807, 2.05) is 0 Å². The number of imidazole rings is 1. The highest BCUT2D eigenvalue weighted by molar-refractivity contribution is 6.31. The molecule has 5 nitrogen and oxygen atoms in total. The first-order valence-corrected chi connectivity index (χ1v) is 10.4. The van der Waals surface area contributed by atoms with Crippen molar-refractivity contribution in [3.63, 3.8) is 0 Å². The number of benzene rings is 2.